The normalized spacial score (nSPS) is 14.2. The Morgan fingerprint density at radius 3 is 3.25 bits per heavy atom. The maximum Gasteiger partial charge on any atom is 0.134 e. The zero-order valence-electron chi connectivity index (χ0n) is 6.49. The molecule has 1 aromatic rings. The molecule has 0 aromatic carbocycles. The van der Waals surface area contributed by atoms with Crippen LogP contribution in [0, 0.1) is 11.3 Å². The van der Waals surface area contributed by atoms with Gasteiger partial charge in [-0.2, -0.15) is 5.26 Å². The average Bonchev–Trinajstić information content (AvgIpc) is 2.47. The standard InChI is InChI=1S/C8H8N3P/c9-4-6-3-7-1-2-11(12)8(7)10-5-6/h3,5H,1-2,12H2. The van der Waals surface area contributed by atoms with Crippen molar-refractivity contribution < 1.29 is 0 Å². The summed E-state index contributed by atoms with van der Waals surface area (Å²) >= 11 is 0. The molecule has 1 atom stereocenters. The van der Waals surface area contributed by atoms with Gasteiger partial charge in [-0.05, 0) is 27.4 Å². The fraction of sp³-hybridized carbons (Fsp3) is 0.250. The summed E-state index contributed by atoms with van der Waals surface area (Å²) in [5, 5.41) is 8.63. The van der Waals surface area contributed by atoms with Gasteiger partial charge in [-0.3, -0.25) is 0 Å². The van der Waals surface area contributed by atoms with Crippen LogP contribution in [-0.2, 0) is 6.42 Å². The molecule has 1 aromatic heterocycles. The molecule has 0 amide bonds. The lowest BCUT2D eigenvalue weighted by molar-refractivity contribution is 1.05. The lowest BCUT2D eigenvalue weighted by Gasteiger charge is -2.08. The number of hydrogen-bond acceptors (Lipinski definition) is 3. The molecule has 3 nitrogen and oxygen atoms in total. The van der Waals surface area contributed by atoms with Gasteiger partial charge in [0.25, 0.3) is 0 Å². The second-order valence-corrected chi connectivity index (χ2v) is 3.39. The van der Waals surface area contributed by atoms with Gasteiger partial charge in [-0.15, -0.1) is 0 Å². The van der Waals surface area contributed by atoms with Gasteiger partial charge in [0.05, 0.1) is 5.56 Å². The summed E-state index contributed by atoms with van der Waals surface area (Å²) in [5.74, 6) is 0.985. The largest absolute Gasteiger partial charge is 0.341 e. The maximum absolute atomic E-state index is 8.63. The fourth-order valence-corrected chi connectivity index (χ4v) is 1.72. The molecular weight excluding hydrogens is 169 g/mol. The van der Waals surface area contributed by atoms with E-state index in [2.05, 4.69) is 20.4 Å². The molecule has 12 heavy (non-hydrogen) atoms. The van der Waals surface area contributed by atoms with Gasteiger partial charge in [0, 0.05) is 12.7 Å². The molecule has 2 heterocycles. The Hall–Kier alpha value is -1.13. The summed E-state index contributed by atoms with van der Waals surface area (Å²) in [6.07, 6.45) is 2.60. The van der Waals surface area contributed by atoms with Gasteiger partial charge in [-0.25, -0.2) is 4.98 Å². The molecule has 0 radical (unpaired) electrons. The van der Waals surface area contributed by atoms with E-state index in [1.54, 1.807) is 6.20 Å². The van der Waals surface area contributed by atoms with Crippen molar-refractivity contribution in [1.29, 1.82) is 5.26 Å². The molecule has 1 aliphatic rings. The third-order valence-electron chi connectivity index (χ3n) is 1.97. The van der Waals surface area contributed by atoms with Gasteiger partial charge in [0.2, 0.25) is 0 Å². The Kier molecular flexibility index (Phi) is 1.71. The predicted molar refractivity (Wildman–Crippen MR) is 49.7 cm³/mol. The molecule has 60 valence electrons. The van der Waals surface area contributed by atoms with E-state index in [0.29, 0.717) is 5.56 Å². The van der Waals surface area contributed by atoms with Gasteiger partial charge < -0.3 is 4.67 Å². The van der Waals surface area contributed by atoms with E-state index in [0.717, 1.165) is 18.8 Å². The minimum Gasteiger partial charge on any atom is -0.341 e. The summed E-state index contributed by atoms with van der Waals surface area (Å²) < 4.78 is 2.02. The van der Waals surface area contributed by atoms with Crippen molar-refractivity contribution in [3.8, 4) is 6.07 Å². The van der Waals surface area contributed by atoms with Crippen molar-refractivity contribution in [3.05, 3.63) is 23.4 Å². The molecule has 0 saturated carbocycles. The van der Waals surface area contributed by atoms with Crippen LogP contribution in [0.1, 0.15) is 11.1 Å². The first kappa shape index (κ1) is 7.52. The summed E-state index contributed by atoms with van der Waals surface area (Å²) in [6.45, 7) is 0.974. The first-order valence-electron chi connectivity index (χ1n) is 3.72. The maximum atomic E-state index is 8.63. The molecule has 2 rings (SSSR count). The summed E-state index contributed by atoms with van der Waals surface area (Å²) in [7, 11) is 2.62. The average molecular weight is 177 g/mol. The molecule has 0 spiro atoms. The highest BCUT2D eigenvalue weighted by molar-refractivity contribution is 7.19. The number of anilines is 1. The zero-order chi connectivity index (χ0) is 8.55. The Morgan fingerprint density at radius 2 is 2.50 bits per heavy atom. The van der Waals surface area contributed by atoms with Gasteiger partial charge >= 0.3 is 0 Å². The molecule has 0 N–H and O–H groups in total. The minimum absolute atomic E-state index is 0.647. The van der Waals surface area contributed by atoms with E-state index in [1.165, 1.54) is 5.56 Å². The van der Waals surface area contributed by atoms with Crippen LogP contribution in [0.15, 0.2) is 12.3 Å². The molecule has 1 unspecified atom stereocenters. The van der Waals surface area contributed by atoms with Gasteiger partial charge in [0.1, 0.15) is 11.9 Å². The number of rotatable bonds is 0. The number of fused-ring (bicyclic) bond motifs is 1. The Morgan fingerprint density at radius 1 is 1.67 bits per heavy atom. The lowest BCUT2D eigenvalue weighted by atomic mass is 10.2. The fourth-order valence-electron chi connectivity index (χ4n) is 1.35. The first-order valence-corrected chi connectivity index (χ1v) is 4.24. The van der Waals surface area contributed by atoms with E-state index in [4.69, 9.17) is 5.26 Å². The summed E-state index contributed by atoms with van der Waals surface area (Å²) in [5.41, 5.74) is 1.82. The van der Waals surface area contributed by atoms with Crippen LogP contribution in [0.4, 0.5) is 5.82 Å². The SMILES string of the molecule is N#Cc1cnc2c(c1)CCN2P. The second-order valence-electron chi connectivity index (χ2n) is 2.76. The number of nitriles is 1. The molecule has 0 bridgehead atoms. The Balaban J connectivity index is 2.50. The number of aromatic nitrogens is 1. The molecule has 0 aliphatic carbocycles. The van der Waals surface area contributed by atoms with E-state index in [1.807, 2.05) is 10.7 Å². The number of hydrogen-bond donors (Lipinski definition) is 0. The minimum atomic E-state index is 0.647. The highest BCUT2D eigenvalue weighted by Crippen LogP contribution is 2.28. The Labute approximate surface area is 73.3 Å². The van der Waals surface area contributed by atoms with Crippen LogP contribution in [0.2, 0.25) is 0 Å². The number of pyridine rings is 1. The second kappa shape index (κ2) is 2.73. The van der Waals surface area contributed by atoms with Gasteiger partial charge in [0.15, 0.2) is 0 Å². The van der Waals surface area contributed by atoms with Crippen molar-refractivity contribution in [1.82, 2.24) is 4.98 Å². The summed E-state index contributed by atoms with van der Waals surface area (Å²) in [4.78, 5) is 4.19. The van der Waals surface area contributed by atoms with Crippen LogP contribution in [-0.4, -0.2) is 11.5 Å². The molecule has 1 aliphatic heterocycles. The van der Waals surface area contributed by atoms with Crippen molar-refractivity contribution >= 4 is 15.2 Å². The van der Waals surface area contributed by atoms with Crippen molar-refractivity contribution in [2.75, 3.05) is 11.2 Å². The molecule has 4 heteroatoms. The molecule has 0 saturated heterocycles. The third kappa shape index (κ3) is 1.05. The monoisotopic (exact) mass is 177 g/mol. The highest BCUT2D eigenvalue weighted by Gasteiger charge is 2.16. The van der Waals surface area contributed by atoms with Crippen LogP contribution in [0.3, 0.4) is 0 Å². The van der Waals surface area contributed by atoms with Crippen LogP contribution >= 0.6 is 9.39 Å². The van der Waals surface area contributed by atoms with Crippen molar-refractivity contribution in [3.63, 3.8) is 0 Å². The smallest absolute Gasteiger partial charge is 0.134 e. The van der Waals surface area contributed by atoms with E-state index in [-0.39, 0.29) is 0 Å². The topological polar surface area (TPSA) is 39.9 Å². The molecule has 0 fully saturated rings. The van der Waals surface area contributed by atoms with Crippen LogP contribution in [0.25, 0.3) is 0 Å². The van der Waals surface area contributed by atoms with E-state index in [9.17, 15) is 0 Å². The van der Waals surface area contributed by atoms with Gasteiger partial charge in [-0.1, -0.05) is 0 Å². The number of nitrogens with zero attached hydrogens (tertiary/aromatic N) is 3. The van der Waals surface area contributed by atoms with E-state index < -0.39 is 0 Å². The lowest BCUT2D eigenvalue weighted by Crippen LogP contribution is -2.04. The van der Waals surface area contributed by atoms with Crippen LogP contribution in [0.5, 0.6) is 0 Å². The first-order chi connectivity index (χ1) is 5.81. The summed E-state index contributed by atoms with van der Waals surface area (Å²) in [6, 6.07) is 3.99. The van der Waals surface area contributed by atoms with Crippen LogP contribution < -0.4 is 4.67 Å². The predicted octanol–water partition coefficient (Wildman–Crippen LogP) is 1.11. The Bertz CT molecular complexity index is 356. The van der Waals surface area contributed by atoms with E-state index >= 15 is 0 Å². The van der Waals surface area contributed by atoms with Crippen molar-refractivity contribution in [2.45, 2.75) is 6.42 Å². The molecular formula is C8H8N3P. The van der Waals surface area contributed by atoms with Crippen molar-refractivity contribution in [2.24, 2.45) is 0 Å². The third-order valence-corrected chi connectivity index (χ3v) is 2.47. The zero-order valence-corrected chi connectivity index (χ0v) is 7.64. The highest BCUT2D eigenvalue weighted by atomic mass is 31.0. The quantitative estimate of drug-likeness (QED) is 0.557.